The number of nitrogens with one attached hydrogen (secondary N) is 1. The van der Waals surface area contributed by atoms with Gasteiger partial charge >= 0.3 is 6.18 Å². The van der Waals surface area contributed by atoms with E-state index in [0.29, 0.717) is 17.4 Å². The fourth-order valence-electron chi connectivity index (χ4n) is 4.14. The molecule has 0 saturated carbocycles. The van der Waals surface area contributed by atoms with Crippen molar-refractivity contribution in [1.29, 1.82) is 0 Å². The number of hydrogen-bond acceptors (Lipinski definition) is 6. The average molecular weight is 451 g/mol. The Bertz CT molecular complexity index is 1300. The zero-order valence-corrected chi connectivity index (χ0v) is 17.4. The molecule has 2 aromatic carbocycles. The summed E-state index contributed by atoms with van der Waals surface area (Å²) >= 11 is 0. The predicted octanol–water partition coefficient (Wildman–Crippen LogP) is 5.16. The Labute approximate surface area is 187 Å². The van der Waals surface area contributed by atoms with Gasteiger partial charge in [-0.3, -0.25) is 0 Å². The highest BCUT2D eigenvalue weighted by Crippen LogP contribution is 2.39. The highest BCUT2D eigenvalue weighted by Gasteiger charge is 2.31. The zero-order valence-electron chi connectivity index (χ0n) is 17.4. The minimum atomic E-state index is -4.46. The van der Waals surface area contributed by atoms with Crippen LogP contribution in [0.5, 0.6) is 11.6 Å². The molecule has 0 bridgehead atoms. The summed E-state index contributed by atoms with van der Waals surface area (Å²) in [6.07, 6.45) is 0.878. The van der Waals surface area contributed by atoms with Gasteiger partial charge in [0.1, 0.15) is 12.1 Å². The van der Waals surface area contributed by atoms with E-state index >= 15 is 0 Å². The van der Waals surface area contributed by atoms with Crippen molar-refractivity contribution in [3.63, 3.8) is 0 Å². The van der Waals surface area contributed by atoms with Crippen LogP contribution in [0.2, 0.25) is 0 Å². The second-order valence-electron chi connectivity index (χ2n) is 7.91. The van der Waals surface area contributed by atoms with Crippen molar-refractivity contribution in [2.45, 2.75) is 18.5 Å². The Morgan fingerprint density at radius 3 is 2.61 bits per heavy atom. The van der Waals surface area contributed by atoms with Crippen LogP contribution in [-0.4, -0.2) is 28.0 Å². The monoisotopic (exact) mass is 451 g/mol. The van der Waals surface area contributed by atoms with E-state index in [4.69, 9.17) is 10.5 Å². The molecule has 168 valence electrons. The maximum Gasteiger partial charge on any atom is 0.416 e. The normalized spacial score (nSPS) is 16.3. The van der Waals surface area contributed by atoms with Crippen LogP contribution in [0, 0.1) is 0 Å². The fraction of sp³-hybridized carbons (Fsp3) is 0.208. The van der Waals surface area contributed by atoms with E-state index in [-0.39, 0.29) is 5.88 Å². The van der Waals surface area contributed by atoms with Crippen molar-refractivity contribution >= 4 is 16.6 Å². The van der Waals surface area contributed by atoms with Gasteiger partial charge in [0.2, 0.25) is 5.88 Å². The van der Waals surface area contributed by atoms with Gasteiger partial charge in [0, 0.05) is 36.0 Å². The number of hydrogen-bond donors (Lipinski definition) is 2. The van der Waals surface area contributed by atoms with E-state index in [0.717, 1.165) is 65.4 Å². The van der Waals surface area contributed by atoms with Gasteiger partial charge in [-0.05, 0) is 54.3 Å². The number of rotatable bonds is 4. The van der Waals surface area contributed by atoms with Crippen molar-refractivity contribution in [1.82, 2.24) is 20.3 Å². The lowest BCUT2D eigenvalue weighted by molar-refractivity contribution is -0.137. The van der Waals surface area contributed by atoms with Gasteiger partial charge in [0.15, 0.2) is 0 Å². The number of pyridine rings is 1. The molecule has 1 atom stereocenters. The summed E-state index contributed by atoms with van der Waals surface area (Å²) in [5, 5.41) is 4.18. The Kier molecular flexibility index (Phi) is 5.33. The zero-order chi connectivity index (χ0) is 23.0. The maximum atomic E-state index is 12.9. The summed E-state index contributed by atoms with van der Waals surface area (Å²) in [7, 11) is 0. The van der Waals surface area contributed by atoms with Crippen LogP contribution in [0.4, 0.5) is 18.9 Å². The van der Waals surface area contributed by atoms with Crippen LogP contribution in [0.15, 0.2) is 61.2 Å². The van der Waals surface area contributed by atoms with Gasteiger partial charge in [0.25, 0.3) is 0 Å². The lowest BCUT2D eigenvalue weighted by Crippen LogP contribution is -2.09. The van der Waals surface area contributed by atoms with Crippen LogP contribution >= 0.6 is 0 Å². The number of fused-ring (bicyclic) bond motifs is 1. The Morgan fingerprint density at radius 2 is 1.88 bits per heavy atom. The first-order chi connectivity index (χ1) is 15.9. The van der Waals surface area contributed by atoms with Crippen LogP contribution in [0.3, 0.4) is 0 Å². The molecule has 6 nitrogen and oxygen atoms in total. The van der Waals surface area contributed by atoms with Crippen molar-refractivity contribution in [3.05, 3.63) is 72.3 Å². The summed E-state index contributed by atoms with van der Waals surface area (Å²) in [5.41, 5.74) is 9.94. The first-order valence-corrected chi connectivity index (χ1v) is 10.4. The highest BCUT2D eigenvalue weighted by molar-refractivity contribution is 6.00. The van der Waals surface area contributed by atoms with Gasteiger partial charge in [-0.15, -0.1) is 0 Å². The van der Waals surface area contributed by atoms with Gasteiger partial charge in [-0.2, -0.15) is 13.2 Å². The van der Waals surface area contributed by atoms with E-state index in [2.05, 4.69) is 26.3 Å². The molecule has 9 heteroatoms. The average Bonchev–Trinajstić information content (AvgIpc) is 3.35. The molecule has 1 saturated heterocycles. The van der Waals surface area contributed by atoms with Crippen molar-refractivity contribution in [2.24, 2.45) is 0 Å². The van der Waals surface area contributed by atoms with Crippen LogP contribution < -0.4 is 15.8 Å². The third kappa shape index (κ3) is 4.19. The van der Waals surface area contributed by atoms with Gasteiger partial charge in [-0.25, -0.2) is 15.0 Å². The van der Waals surface area contributed by atoms with E-state index in [1.807, 2.05) is 12.1 Å². The fourth-order valence-corrected chi connectivity index (χ4v) is 4.14. The van der Waals surface area contributed by atoms with E-state index in [1.165, 1.54) is 6.33 Å². The molecule has 1 fully saturated rings. The number of benzene rings is 2. The number of alkyl halides is 3. The number of nitrogens with zero attached hydrogens (tertiary/aromatic N) is 3. The second kappa shape index (κ2) is 8.32. The molecule has 2 aromatic heterocycles. The van der Waals surface area contributed by atoms with Gasteiger partial charge in [0.05, 0.1) is 16.8 Å². The number of anilines is 1. The first kappa shape index (κ1) is 21.1. The van der Waals surface area contributed by atoms with Gasteiger partial charge in [-0.1, -0.05) is 12.1 Å². The number of halogens is 3. The standard InChI is InChI=1S/C24H20F3N5O/c25-24(26,27)16-6-8-31-21(9-16)33-17-3-1-14(2-4-17)18-10-19(15-5-7-29-11-15)23-20(22(18)28)12-30-13-32-23/h1-4,6,8-10,12-13,15,29H,5,7,11,28H2. The topological polar surface area (TPSA) is 86.0 Å². The molecular formula is C24H20F3N5O. The minimum Gasteiger partial charge on any atom is -0.439 e. The number of nitrogens with two attached hydrogens (primary N) is 1. The molecule has 0 aliphatic carbocycles. The first-order valence-electron chi connectivity index (χ1n) is 10.4. The molecule has 5 rings (SSSR count). The van der Waals surface area contributed by atoms with Crippen molar-refractivity contribution < 1.29 is 17.9 Å². The molecule has 0 spiro atoms. The summed E-state index contributed by atoms with van der Waals surface area (Å²) in [5.74, 6) is 0.570. The molecule has 33 heavy (non-hydrogen) atoms. The molecular weight excluding hydrogens is 431 g/mol. The quantitative estimate of drug-likeness (QED) is 0.417. The summed E-state index contributed by atoms with van der Waals surface area (Å²) in [6.45, 7) is 1.83. The molecule has 1 aliphatic rings. The van der Waals surface area contributed by atoms with E-state index < -0.39 is 11.7 Å². The molecule has 4 aromatic rings. The third-order valence-corrected chi connectivity index (χ3v) is 5.82. The second-order valence-corrected chi connectivity index (χ2v) is 7.91. The largest absolute Gasteiger partial charge is 0.439 e. The molecule has 0 radical (unpaired) electrons. The summed E-state index contributed by atoms with van der Waals surface area (Å²) in [4.78, 5) is 12.5. The minimum absolute atomic E-state index is 0.129. The number of aromatic nitrogens is 3. The van der Waals surface area contributed by atoms with Crippen LogP contribution in [0.25, 0.3) is 22.0 Å². The van der Waals surface area contributed by atoms with E-state index in [1.54, 1.807) is 18.3 Å². The SMILES string of the molecule is Nc1c(-c2ccc(Oc3cc(C(F)(F)F)ccn3)cc2)cc(C2CCNC2)c2ncncc12. The maximum absolute atomic E-state index is 12.9. The predicted molar refractivity (Wildman–Crippen MR) is 119 cm³/mol. The summed E-state index contributed by atoms with van der Waals surface area (Å²) in [6, 6.07) is 10.9. The molecule has 3 N–H and O–H groups in total. The highest BCUT2D eigenvalue weighted by atomic mass is 19.4. The summed E-state index contributed by atoms with van der Waals surface area (Å²) < 4.78 is 44.3. The molecule has 1 unspecified atom stereocenters. The number of ether oxygens (including phenoxy) is 1. The molecule has 1 aliphatic heterocycles. The third-order valence-electron chi connectivity index (χ3n) is 5.82. The van der Waals surface area contributed by atoms with E-state index in [9.17, 15) is 13.2 Å². The Morgan fingerprint density at radius 1 is 1.06 bits per heavy atom. The van der Waals surface area contributed by atoms with Crippen LogP contribution in [-0.2, 0) is 6.18 Å². The Balaban J connectivity index is 1.48. The lowest BCUT2D eigenvalue weighted by Gasteiger charge is -2.17. The van der Waals surface area contributed by atoms with Crippen molar-refractivity contribution in [3.8, 4) is 22.8 Å². The Hall–Kier alpha value is -3.72. The van der Waals surface area contributed by atoms with Crippen molar-refractivity contribution in [2.75, 3.05) is 18.8 Å². The van der Waals surface area contributed by atoms with Crippen LogP contribution in [0.1, 0.15) is 23.5 Å². The smallest absolute Gasteiger partial charge is 0.416 e. The molecule has 3 heterocycles. The van der Waals surface area contributed by atoms with Gasteiger partial charge < -0.3 is 15.8 Å². The number of nitrogen functional groups attached to an aromatic ring is 1. The molecule has 0 amide bonds. The lowest BCUT2D eigenvalue weighted by atomic mass is 9.90.